The van der Waals surface area contributed by atoms with Gasteiger partial charge in [-0.15, -0.1) is 12.4 Å². The first-order valence-corrected chi connectivity index (χ1v) is 8.65. The molecule has 0 amide bonds. The summed E-state index contributed by atoms with van der Waals surface area (Å²) in [5.41, 5.74) is 0.628. The van der Waals surface area contributed by atoms with E-state index < -0.39 is 29.1 Å². The standard InChI is InChI=1S/C20H21FN2O4.ClH/c1-5-23-11(3)10(2)12-8-9-22-16(17(12)23)15-13(18(24)25)6-7-14(21)20(15,4)19(26)27;/h6-9,15H,5H2,1-4H3,(H,24,25)(H,26,27);1H. The number of rotatable bonds is 4. The van der Waals surface area contributed by atoms with Crippen molar-refractivity contribution in [2.24, 2.45) is 5.41 Å². The number of aromatic nitrogens is 2. The first-order chi connectivity index (χ1) is 12.7. The molecule has 0 spiro atoms. The van der Waals surface area contributed by atoms with Crippen molar-refractivity contribution in [3.05, 3.63) is 52.8 Å². The SMILES string of the molecule is CCn1c(C)c(C)c2ccnc(C3C(C(=O)O)=CC=C(F)C3(C)C(=O)O)c21.Cl. The highest BCUT2D eigenvalue weighted by Crippen LogP contribution is 2.50. The summed E-state index contributed by atoms with van der Waals surface area (Å²) in [5, 5.41) is 20.4. The smallest absolute Gasteiger partial charge is 0.332 e. The number of carboxylic acids is 2. The largest absolute Gasteiger partial charge is 0.480 e. The number of carbonyl (C=O) groups is 2. The molecule has 2 unspecified atom stereocenters. The van der Waals surface area contributed by atoms with Crippen molar-refractivity contribution in [1.29, 1.82) is 0 Å². The molecule has 0 fully saturated rings. The van der Waals surface area contributed by atoms with E-state index in [-0.39, 0.29) is 23.7 Å². The van der Waals surface area contributed by atoms with Gasteiger partial charge < -0.3 is 14.8 Å². The van der Waals surface area contributed by atoms with Crippen molar-refractivity contribution in [2.45, 2.75) is 40.2 Å². The quantitative estimate of drug-likeness (QED) is 0.792. The lowest BCUT2D eigenvalue weighted by molar-refractivity contribution is -0.147. The molecule has 0 aliphatic heterocycles. The Hall–Kier alpha value is -2.67. The van der Waals surface area contributed by atoms with Gasteiger partial charge in [-0.3, -0.25) is 9.78 Å². The Morgan fingerprint density at radius 1 is 1.29 bits per heavy atom. The highest BCUT2D eigenvalue weighted by atomic mass is 35.5. The Morgan fingerprint density at radius 3 is 2.46 bits per heavy atom. The molecule has 28 heavy (non-hydrogen) atoms. The number of halogens is 2. The summed E-state index contributed by atoms with van der Waals surface area (Å²) in [5.74, 6) is -4.89. The minimum absolute atomic E-state index is 0. The molecular formula is C20H22ClFN2O4. The number of carboxylic acid groups (broad SMARTS) is 2. The Labute approximate surface area is 167 Å². The van der Waals surface area contributed by atoms with Crippen molar-refractivity contribution < 1.29 is 24.2 Å². The summed E-state index contributed by atoms with van der Waals surface area (Å²) in [6, 6.07) is 1.81. The number of aryl methyl sites for hydroxylation is 2. The van der Waals surface area contributed by atoms with E-state index in [4.69, 9.17) is 0 Å². The summed E-state index contributed by atoms with van der Waals surface area (Å²) >= 11 is 0. The average Bonchev–Trinajstić information content (AvgIpc) is 2.87. The predicted octanol–water partition coefficient (Wildman–Crippen LogP) is 4.15. The molecular weight excluding hydrogens is 387 g/mol. The second-order valence-corrected chi connectivity index (χ2v) is 6.93. The van der Waals surface area contributed by atoms with Crippen molar-refractivity contribution >= 4 is 35.2 Å². The van der Waals surface area contributed by atoms with Crippen molar-refractivity contribution in [3.63, 3.8) is 0 Å². The summed E-state index contributed by atoms with van der Waals surface area (Å²) in [7, 11) is 0. The fourth-order valence-electron chi connectivity index (χ4n) is 3.95. The number of allylic oxidation sites excluding steroid dienone is 2. The van der Waals surface area contributed by atoms with Gasteiger partial charge in [0.2, 0.25) is 0 Å². The number of nitrogens with zero attached hydrogens (tertiary/aromatic N) is 2. The molecule has 2 atom stereocenters. The van der Waals surface area contributed by atoms with Gasteiger partial charge in [0.25, 0.3) is 0 Å². The van der Waals surface area contributed by atoms with Crippen LogP contribution in [0.3, 0.4) is 0 Å². The van der Waals surface area contributed by atoms with Crippen LogP contribution in [0.15, 0.2) is 35.8 Å². The molecule has 0 aromatic carbocycles. The van der Waals surface area contributed by atoms with E-state index in [1.54, 1.807) is 0 Å². The number of aliphatic carboxylic acids is 2. The lowest BCUT2D eigenvalue weighted by Gasteiger charge is -2.35. The second kappa shape index (κ2) is 7.39. The highest BCUT2D eigenvalue weighted by molar-refractivity contribution is 5.96. The minimum Gasteiger partial charge on any atom is -0.480 e. The Kier molecular flexibility index (Phi) is 5.71. The first kappa shape index (κ1) is 21.6. The fraction of sp³-hybridized carbons (Fsp3) is 0.350. The summed E-state index contributed by atoms with van der Waals surface area (Å²) < 4.78 is 16.7. The molecule has 2 aromatic rings. The van der Waals surface area contributed by atoms with Crippen LogP contribution >= 0.6 is 12.4 Å². The van der Waals surface area contributed by atoms with Crippen LogP contribution in [-0.4, -0.2) is 31.7 Å². The van der Waals surface area contributed by atoms with Gasteiger partial charge in [-0.25, -0.2) is 9.18 Å². The topological polar surface area (TPSA) is 92.4 Å². The normalized spacial score (nSPS) is 21.7. The van der Waals surface area contributed by atoms with E-state index in [1.165, 1.54) is 13.1 Å². The molecule has 0 saturated heterocycles. The molecule has 0 radical (unpaired) electrons. The molecule has 0 bridgehead atoms. The zero-order chi connectivity index (χ0) is 20.1. The molecule has 1 aliphatic rings. The second-order valence-electron chi connectivity index (χ2n) is 6.93. The van der Waals surface area contributed by atoms with E-state index in [0.717, 1.165) is 28.8 Å². The van der Waals surface area contributed by atoms with Crippen molar-refractivity contribution in [1.82, 2.24) is 9.55 Å². The van der Waals surface area contributed by atoms with Crippen LogP contribution in [-0.2, 0) is 16.1 Å². The van der Waals surface area contributed by atoms with E-state index in [2.05, 4.69) is 4.98 Å². The van der Waals surface area contributed by atoms with E-state index in [0.29, 0.717) is 12.1 Å². The van der Waals surface area contributed by atoms with Crippen LogP contribution in [0.2, 0.25) is 0 Å². The molecule has 150 valence electrons. The minimum atomic E-state index is -2.06. The third-order valence-corrected chi connectivity index (χ3v) is 5.65. The molecule has 0 saturated carbocycles. The van der Waals surface area contributed by atoms with E-state index in [9.17, 15) is 24.2 Å². The summed E-state index contributed by atoms with van der Waals surface area (Å²) in [6.45, 7) is 7.62. The molecule has 8 heteroatoms. The number of pyridine rings is 1. The van der Waals surface area contributed by atoms with Gasteiger partial charge in [0.15, 0.2) is 0 Å². The zero-order valence-corrected chi connectivity index (χ0v) is 16.8. The average molecular weight is 409 g/mol. The van der Waals surface area contributed by atoms with E-state index >= 15 is 0 Å². The lowest BCUT2D eigenvalue weighted by Crippen LogP contribution is -2.40. The molecule has 3 rings (SSSR count). The number of hydrogen-bond acceptors (Lipinski definition) is 3. The molecule has 6 nitrogen and oxygen atoms in total. The van der Waals surface area contributed by atoms with Gasteiger partial charge in [-0.2, -0.15) is 0 Å². The maximum atomic E-state index is 14.7. The van der Waals surface area contributed by atoms with Gasteiger partial charge in [-0.1, -0.05) is 0 Å². The van der Waals surface area contributed by atoms with Crippen LogP contribution in [0.1, 0.15) is 36.7 Å². The van der Waals surface area contributed by atoms with Gasteiger partial charge >= 0.3 is 11.9 Å². The van der Waals surface area contributed by atoms with Gasteiger partial charge in [0, 0.05) is 29.4 Å². The maximum absolute atomic E-state index is 14.7. The number of hydrogen-bond donors (Lipinski definition) is 2. The maximum Gasteiger partial charge on any atom is 0.332 e. The Balaban J connectivity index is 0.00000280. The van der Waals surface area contributed by atoms with Gasteiger partial charge in [0.1, 0.15) is 11.2 Å². The van der Waals surface area contributed by atoms with Crippen molar-refractivity contribution in [3.8, 4) is 0 Å². The lowest BCUT2D eigenvalue weighted by atomic mass is 9.67. The summed E-state index contributed by atoms with van der Waals surface area (Å²) in [4.78, 5) is 28.3. The van der Waals surface area contributed by atoms with Crippen molar-refractivity contribution in [2.75, 3.05) is 0 Å². The highest BCUT2D eigenvalue weighted by Gasteiger charge is 2.52. The predicted molar refractivity (Wildman–Crippen MR) is 106 cm³/mol. The zero-order valence-electron chi connectivity index (χ0n) is 16.0. The van der Waals surface area contributed by atoms with Crippen LogP contribution in [0.5, 0.6) is 0 Å². The molecule has 2 heterocycles. The number of fused-ring (bicyclic) bond motifs is 1. The van der Waals surface area contributed by atoms with Crippen LogP contribution in [0.25, 0.3) is 10.9 Å². The van der Waals surface area contributed by atoms with E-state index in [1.807, 2.05) is 31.4 Å². The molecule has 2 aromatic heterocycles. The molecule has 2 N–H and O–H groups in total. The third-order valence-electron chi connectivity index (χ3n) is 5.65. The Bertz CT molecular complexity index is 1040. The fourth-order valence-corrected chi connectivity index (χ4v) is 3.95. The van der Waals surface area contributed by atoms with Crippen LogP contribution in [0.4, 0.5) is 4.39 Å². The van der Waals surface area contributed by atoms with Crippen LogP contribution < -0.4 is 0 Å². The third kappa shape index (κ3) is 2.81. The molecule has 1 aliphatic carbocycles. The van der Waals surface area contributed by atoms with Crippen LogP contribution in [0, 0.1) is 19.3 Å². The Morgan fingerprint density at radius 2 is 1.93 bits per heavy atom. The van der Waals surface area contributed by atoms with Gasteiger partial charge in [0.05, 0.1) is 17.1 Å². The monoisotopic (exact) mass is 408 g/mol. The summed E-state index contributed by atoms with van der Waals surface area (Å²) in [6.07, 6.45) is 3.57. The van der Waals surface area contributed by atoms with Gasteiger partial charge in [-0.05, 0) is 51.5 Å². The first-order valence-electron chi connectivity index (χ1n) is 8.65.